The zero-order chi connectivity index (χ0) is 12.1. The lowest BCUT2D eigenvalue weighted by atomic mass is 10.1. The summed E-state index contributed by atoms with van der Waals surface area (Å²) in [6, 6.07) is -0.239. The summed E-state index contributed by atoms with van der Waals surface area (Å²) < 4.78 is 0. The summed E-state index contributed by atoms with van der Waals surface area (Å²) in [5.74, 6) is -0.595. The lowest BCUT2D eigenvalue weighted by molar-refractivity contribution is -0.130. The van der Waals surface area contributed by atoms with E-state index in [-0.39, 0.29) is 30.2 Å². The molecule has 1 unspecified atom stereocenters. The Morgan fingerprint density at radius 2 is 2.19 bits per heavy atom. The summed E-state index contributed by atoms with van der Waals surface area (Å²) in [6.45, 7) is 4.54. The molecule has 1 rings (SSSR count). The van der Waals surface area contributed by atoms with Gasteiger partial charge in [0.2, 0.25) is 11.8 Å². The summed E-state index contributed by atoms with van der Waals surface area (Å²) in [5.41, 5.74) is 0.352. The van der Waals surface area contributed by atoms with Crippen LogP contribution in [-0.2, 0) is 9.59 Å². The fourth-order valence-electron chi connectivity index (χ4n) is 1.55. The highest BCUT2D eigenvalue weighted by molar-refractivity contribution is 6.06. The molecule has 0 aliphatic carbocycles. The van der Waals surface area contributed by atoms with Crippen molar-refractivity contribution in [1.29, 1.82) is 5.41 Å². The van der Waals surface area contributed by atoms with Crippen LogP contribution in [-0.4, -0.2) is 30.1 Å². The summed E-state index contributed by atoms with van der Waals surface area (Å²) in [4.78, 5) is 23.0. The first-order valence-electron chi connectivity index (χ1n) is 5.65. The van der Waals surface area contributed by atoms with Crippen molar-refractivity contribution < 1.29 is 9.59 Å². The third kappa shape index (κ3) is 3.73. The molecule has 0 bridgehead atoms. The van der Waals surface area contributed by atoms with E-state index in [0.29, 0.717) is 5.71 Å². The fraction of sp³-hybridized carbons (Fsp3) is 0.727. The van der Waals surface area contributed by atoms with E-state index in [1.165, 1.54) is 0 Å². The van der Waals surface area contributed by atoms with Crippen molar-refractivity contribution >= 4 is 17.5 Å². The maximum absolute atomic E-state index is 11.5. The molecule has 1 aliphatic rings. The minimum Gasteiger partial charge on any atom is -0.309 e. The summed E-state index contributed by atoms with van der Waals surface area (Å²) in [6.07, 6.45) is 1.75. The lowest BCUT2D eigenvalue weighted by Crippen LogP contribution is -2.43. The normalized spacial score (nSPS) is 19.8. The smallest absolute Gasteiger partial charge is 0.243 e. The minimum atomic E-state index is -0.377. The second kappa shape index (κ2) is 5.75. The average Bonchev–Trinajstić information content (AvgIpc) is 2.69. The largest absolute Gasteiger partial charge is 0.309 e. The molecule has 0 saturated carbocycles. The quantitative estimate of drug-likeness (QED) is 0.607. The Morgan fingerprint density at radius 1 is 1.50 bits per heavy atom. The Kier molecular flexibility index (Phi) is 4.61. The molecule has 1 atom stereocenters. The maximum atomic E-state index is 11.5. The standard InChI is InChI=1S/C11H19N3O2/c1-7(2)8(12)6-10(15)14-11(16)9-4-3-5-13-9/h7,9,12-13H,3-6H2,1-2H3,(H,14,15,16). The number of rotatable bonds is 4. The number of hydrogen-bond acceptors (Lipinski definition) is 4. The molecular weight excluding hydrogens is 206 g/mol. The number of amides is 2. The molecule has 16 heavy (non-hydrogen) atoms. The van der Waals surface area contributed by atoms with Crippen LogP contribution < -0.4 is 10.6 Å². The van der Waals surface area contributed by atoms with E-state index in [1.807, 2.05) is 13.8 Å². The van der Waals surface area contributed by atoms with Crippen LogP contribution in [0.15, 0.2) is 0 Å². The van der Waals surface area contributed by atoms with E-state index < -0.39 is 0 Å². The summed E-state index contributed by atoms with van der Waals surface area (Å²) in [7, 11) is 0. The van der Waals surface area contributed by atoms with Crippen LogP contribution in [0.4, 0.5) is 0 Å². The van der Waals surface area contributed by atoms with Crippen molar-refractivity contribution in [2.24, 2.45) is 5.92 Å². The second-order valence-corrected chi connectivity index (χ2v) is 4.42. The number of carbonyl (C=O) groups excluding carboxylic acids is 2. The average molecular weight is 225 g/mol. The fourth-order valence-corrected chi connectivity index (χ4v) is 1.55. The molecule has 0 spiro atoms. The minimum absolute atomic E-state index is 0.0100. The van der Waals surface area contributed by atoms with Crippen LogP contribution in [0.5, 0.6) is 0 Å². The highest BCUT2D eigenvalue weighted by Gasteiger charge is 2.23. The van der Waals surface area contributed by atoms with Gasteiger partial charge in [-0.1, -0.05) is 13.8 Å². The summed E-state index contributed by atoms with van der Waals surface area (Å²) in [5, 5.41) is 12.9. The van der Waals surface area contributed by atoms with Crippen LogP contribution in [0.3, 0.4) is 0 Å². The zero-order valence-corrected chi connectivity index (χ0v) is 9.80. The molecular formula is C11H19N3O2. The first kappa shape index (κ1) is 12.8. The first-order valence-corrected chi connectivity index (χ1v) is 5.65. The molecule has 0 aromatic rings. The van der Waals surface area contributed by atoms with Crippen molar-refractivity contribution in [2.45, 2.75) is 39.2 Å². The van der Waals surface area contributed by atoms with Gasteiger partial charge in [0, 0.05) is 5.71 Å². The van der Waals surface area contributed by atoms with Crippen LogP contribution in [0.2, 0.25) is 0 Å². The topological polar surface area (TPSA) is 82.1 Å². The predicted molar refractivity (Wildman–Crippen MR) is 61.4 cm³/mol. The maximum Gasteiger partial charge on any atom is 0.243 e. The lowest BCUT2D eigenvalue weighted by Gasteiger charge is -2.11. The van der Waals surface area contributed by atoms with Gasteiger partial charge in [-0.2, -0.15) is 0 Å². The molecule has 1 aliphatic heterocycles. The van der Waals surface area contributed by atoms with E-state index in [1.54, 1.807) is 0 Å². The van der Waals surface area contributed by atoms with E-state index in [0.717, 1.165) is 19.4 Å². The molecule has 3 N–H and O–H groups in total. The van der Waals surface area contributed by atoms with Crippen LogP contribution >= 0.6 is 0 Å². The van der Waals surface area contributed by atoms with Crippen molar-refractivity contribution in [3.05, 3.63) is 0 Å². The van der Waals surface area contributed by atoms with Crippen molar-refractivity contribution in [1.82, 2.24) is 10.6 Å². The highest BCUT2D eigenvalue weighted by atomic mass is 16.2. The SMILES string of the molecule is CC(C)C(=N)CC(=O)NC(=O)C1CCCN1. The van der Waals surface area contributed by atoms with E-state index >= 15 is 0 Å². The molecule has 5 heteroatoms. The van der Waals surface area contributed by atoms with Gasteiger partial charge in [0.15, 0.2) is 0 Å². The number of hydrogen-bond donors (Lipinski definition) is 3. The Morgan fingerprint density at radius 3 is 2.69 bits per heavy atom. The first-order chi connectivity index (χ1) is 7.50. The number of imide groups is 1. The van der Waals surface area contributed by atoms with E-state index in [9.17, 15) is 9.59 Å². The van der Waals surface area contributed by atoms with Gasteiger partial charge in [-0.3, -0.25) is 14.9 Å². The van der Waals surface area contributed by atoms with Gasteiger partial charge in [0.25, 0.3) is 0 Å². The molecule has 1 fully saturated rings. The summed E-state index contributed by atoms with van der Waals surface area (Å²) >= 11 is 0. The number of carbonyl (C=O) groups is 2. The molecule has 0 radical (unpaired) electrons. The van der Waals surface area contributed by atoms with Crippen LogP contribution in [0, 0.1) is 11.3 Å². The zero-order valence-electron chi connectivity index (χ0n) is 9.80. The van der Waals surface area contributed by atoms with Gasteiger partial charge in [-0.05, 0) is 25.3 Å². The van der Waals surface area contributed by atoms with Crippen LogP contribution in [0.25, 0.3) is 0 Å². The Hall–Kier alpha value is -1.23. The number of nitrogens with one attached hydrogen (secondary N) is 3. The molecule has 1 saturated heterocycles. The third-order valence-electron chi connectivity index (χ3n) is 2.69. The van der Waals surface area contributed by atoms with Gasteiger partial charge in [0.05, 0.1) is 12.5 Å². The molecule has 0 aromatic carbocycles. The van der Waals surface area contributed by atoms with Crippen molar-refractivity contribution in [3.63, 3.8) is 0 Å². The van der Waals surface area contributed by atoms with Gasteiger partial charge in [0.1, 0.15) is 0 Å². The molecule has 0 aromatic heterocycles. The van der Waals surface area contributed by atoms with Gasteiger partial charge < -0.3 is 10.7 Å². The predicted octanol–water partition coefficient (Wildman–Crippen LogP) is 0.447. The van der Waals surface area contributed by atoms with Gasteiger partial charge in [-0.15, -0.1) is 0 Å². The Labute approximate surface area is 95.5 Å². The Balaban J connectivity index is 2.33. The van der Waals surface area contributed by atoms with Gasteiger partial charge >= 0.3 is 0 Å². The van der Waals surface area contributed by atoms with Crippen LogP contribution in [0.1, 0.15) is 33.1 Å². The van der Waals surface area contributed by atoms with E-state index in [4.69, 9.17) is 5.41 Å². The van der Waals surface area contributed by atoms with Crippen molar-refractivity contribution in [2.75, 3.05) is 6.54 Å². The van der Waals surface area contributed by atoms with Crippen molar-refractivity contribution in [3.8, 4) is 0 Å². The second-order valence-electron chi connectivity index (χ2n) is 4.42. The third-order valence-corrected chi connectivity index (χ3v) is 2.69. The molecule has 5 nitrogen and oxygen atoms in total. The monoisotopic (exact) mass is 225 g/mol. The molecule has 90 valence electrons. The highest BCUT2D eigenvalue weighted by Crippen LogP contribution is 2.05. The Bertz CT molecular complexity index is 294. The van der Waals surface area contributed by atoms with E-state index in [2.05, 4.69) is 10.6 Å². The molecule has 1 heterocycles. The van der Waals surface area contributed by atoms with Gasteiger partial charge in [-0.25, -0.2) is 0 Å². The molecule has 2 amide bonds.